The first kappa shape index (κ1) is 34.2. The van der Waals surface area contributed by atoms with E-state index in [0.29, 0.717) is 13.0 Å². The number of ether oxygens (including phenoxy) is 1. The monoisotopic (exact) mass is 599 g/mol. The van der Waals surface area contributed by atoms with Crippen LogP contribution in [0.2, 0.25) is 0 Å². The van der Waals surface area contributed by atoms with E-state index >= 15 is 0 Å². The normalized spacial score (nSPS) is 19.4. The molecule has 4 N–H and O–H groups in total. The number of benzene rings is 1. The molecule has 1 heterocycles. The molecule has 4 atom stereocenters. The Balaban J connectivity index is 2.78. The van der Waals surface area contributed by atoms with Crippen LogP contribution in [0.25, 0.3) is 6.08 Å². The quantitative estimate of drug-likeness (QED) is 0.111. The molecular weight excluding hydrogens is 554 g/mol. The highest BCUT2D eigenvalue weighted by Gasteiger charge is 2.55. The van der Waals surface area contributed by atoms with E-state index in [1.54, 1.807) is 12.2 Å². The number of sulfone groups is 1. The van der Waals surface area contributed by atoms with Gasteiger partial charge in [0.05, 0.1) is 17.6 Å². The summed E-state index contributed by atoms with van der Waals surface area (Å²) in [6, 6.07) is 9.24. The zero-order chi connectivity index (χ0) is 29.8. The minimum atomic E-state index is -4.06. The summed E-state index contributed by atoms with van der Waals surface area (Å²) in [5.74, 6) is 1.56. The van der Waals surface area contributed by atoms with Gasteiger partial charge >= 0.3 is 0 Å². The second-order valence-electron chi connectivity index (χ2n) is 11.3. The molecule has 11 heteroatoms. The Kier molecular flexibility index (Phi) is 14.1. The van der Waals surface area contributed by atoms with Crippen molar-refractivity contribution in [2.45, 2.75) is 77.3 Å². The second kappa shape index (κ2) is 16.5. The molecule has 0 aliphatic carbocycles. The number of carbonyl (C=O) groups is 2. The molecule has 9 nitrogen and oxygen atoms in total. The van der Waals surface area contributed by atoms with Crippen LogP contribution in [0.5, 0.6) is 0 Å². The van der Waals surface area contributed by atoms with Crippen LogP contribution < -0.4 is 16.7 Å². The summed E-state index contributed by atoms with van der Waals surface area (Å²) in [5, 5.41) is 0. The van der Waals surface area contributed by atoms with Crippen molar-refractivity contribution in [3.05, 3.63) is 42.0 Å². The molecule has 0 spiro atoms. The van der Waals surface area contributed by atoms with Crippen LogP contribution in [0.15, 0.2) is 36.4 Å². The molecule has 0 bridgehead atoms. The van der Waals surface area contributed by atoms with E-state index in [1.807, 2.05) is 58.0 Å². The number of rotatable bonds is 16. The maximum atomic E-state index is 14.4. The van der Waals surface area contributed by atoms with Crippen LogP contribution in [-0.4, -0.2) is 49.5 Å². The third kappa shape index (κ3) is 9.55. The fraction of sp³-hybridized carbons (Fsp3) is 0.655. The van der Waals surface area contributed by atoms with Crippen LogP contribution >= 0.6 is 11.6 Å². The summed E-state index contributed by atoms with van der Waals surface area (Å²) in [4.78, 5) is 33.1. The van der Waals surface area contributed by atoms with Gasteiger partial charge in [0.25, 0.3) is 0 Å². The van der Waals surface area contributed by atoms with Crippen molar-refractivity contribution in [1.29, 1.82) is 0 Å². The first-order valence-electron chi connectivity index (χ1n) is 14.1. The fourth-order valence-electron chi connectivity index (χ4n) is 5.34. The fourth-order valence-corrected chi connectivity index (χ4v) is 8.06. The summed E-state index contributed by atoms with van der Waals surface area (Å²) in [6.45, 7) is 8.10. The Bertz CT molecular complexity index is 1060. The highest BCUT2D eigenvalue weighted by atomic mass is 35.5. The van der Waals surface area contributed by atoms with E-state index in [2.05, 4.69) is 10.9 Å². The van der Waals surface area contributed by atoms with E-state index in [4.69, 9.17) is 27.0 Å². The number of hydrogen-bond donors (Lipinski definition) is 3. The highest BCUT2D eigenvalue weighted by molar-refractivity contribution is 7.93. The summed E-state index contributed by atoms with van der Waals surface area (Å²) in [5.41, 5.74) is 5.42. The predicted octanol–water partition coefficient (Wildman–Crippen LogP) is 4.37. The average Bonchev–Trinajstić information content (AvgIpc) is 2.93. The van der Waals surface area contributed by atoms with Crippen molar-refractivity contribution < 1.29 is 27.6 Å². The number of nitrogens with two attached hydrogens (primary N) is 1. The Morgan fingerprint density at radius 2 is 1.85 bits per heavy atom. The van der Waals surface area contributed by atoms with Crippen LogP contribution in [0.4, 0.5) is 0 Å². The van der Waals surface area contributed by atoms with Crippen LogP contribution in [0.1, 0.15) is 71.8 Å². The number of nitrogens with one attached hydrogen (secondary N) is 2. The lowest BCUT2D eigenvalue weighted by Crippen LogP contribution is -2.58. The van der Waals surface area contributed by atoms with Crippen molar-refractivity contribution in [3.8, 4) is 0 Å². The molecule has 2 amide bonds. The lowest BCUT2D eigenvalue weighted by Gasteiger charge is -2.42. The number of carbonyl (C=O) groups excluding carboxylic acids is 2. The maximum Gasteiger partial charge on any atom is 0.249 e. The van der Waals surface area contributed by atoms with Crippen molar-refractivity contribution in [1.82, 2.24) is 10.9 Å². The molecule has 1 aliphatic heterocycles. The Labute approximate surface area is 244 Å². The van der Waals surface area contributed by atoms with Gasteiger partial charge in [0.15, 0.2) is 16.1 Å². The second-order valence-corrected chi connectivity index (χ2v) is 14.0. The number of amides is 2. The molecule has 2 rings (SSSR count). The van der Waals surface area contributed by atoms with Gasteiger partial charge in [0.1, 0.15) is 4.75 Å². The number of hydrogen-bond acceptors (Lipinski definition) is 7. The van der Waals surface area contributed by atoms with E-state index in [9.17, 15) is 18.0 Å². The zero-order valence-corrected chi connectivity index (χ0v) is 25.7. The Hall–Kier alpha value is -1.98. The summed E-state index contributed by atoms with van der Waals surface area (Å²) < 4.78 is 32.6. The molecule has 2 unspecified atom stereocenters. The van der Waals surface area contributed by atoms with Crippen molar-refractivity contribution in [2.75, 3.05) is 18.2 Å². The third-order valence-electron chi connectivity index (χ3n) is 7.05. The molecule has 1 aromatic rings. The van der Waals surface area contributed by atoms with Gasteiger partial charge in [-0.2, -0.15) is 0 Å². The first-order chi connectivity index (χ1) is 19.0. The minimum Gasteiger partial charge on any atom is -0.350 e. The van der Waals surface area contributed by atoms with Gasteiger partial charge in [-0.3, -0.25) is 15.0 Å². The molecule has 0 aromatic heterocycles. The number of halogens is 1. The summed E-state index contributed by atoms with van der Waals surface area (Å²) in [6.07, 6.45) is 5.51. The average molecular weight is 600 g/mol. The minimum absolute atomic E-state index is 0.0411. The SMILES string of the molecule is CC(C)C[C@@H](C(=O)NN)[C@@H](C(=O)NOC1CCCCO1)C(/C=C/c1ccccc1)(CC(C)C)S(=O)(=O)CCCCl. The lowest BCUT2D eigenvalue weighted by atomic mass is 9.72. The summed E-state index contributed by atoms with van der Waals surface area (Å²) >= 11 is 5.94. The van der Waals surface area contributed by atoms with Crippen molar-refractivity contribution in [3.63, 3.8) is 0 Å². The largest absolute Gasteiger partial charge is 0.350 e. The molecule has 1 aromatic carbocycles. The predicted molar refractivity (Wildman–Crippen MR) is 158 cm³/mol. The smallest absolute Gasteiger partial charge is 0.249 e. The highest BCUT2D eigenvalue weighted by Crippen LogP contribution is 2.43. The molecular formula is C29H46ClN3O6S. The zero-order valence-electron chi connectivity index (χ0n) is 24.1. The lowest BCUT2D eigenvalue weighted by molar-refractivity contribution is -0.203. The van der Waals surface area contributed by atoms with Gasteiger partial charge in [0.2, 0.25) is 11.8 Å². The molecule has 40 heavy (non-hydrogen) atoms. The third-order valence-corrected chi connectivity index (χ3v) is 9.86. The number of hydroxylamine groups is 1. The van der Waals surface area contributed by atoms with Gasteiger partial charge < -0.3 is 4.74 Å². The first-order valence-corrected chi connectivity index (χ1v) is 16.3. The van der Waals surface area contributed by atoms with Crippen molar-refractivity contribution in [2.24, 2.45) is 29.5 Å². The topological polar surface area (TPSA) is 137 Å². The van der Waals surface area contributed by atoms with Gasteiger partial charge in [-0.25, -0.2) is 24.6 Å². The molecule has 226 valence electrons. The van der Waals surface area contributed by atoms with Gasteiger partial charge in [0, 0.05) is 18.9 Å². The van der Waals surface area contributed by atoms with Gasteiger partial charge in [-0.1, -0.05) is 70.2 Å². The Morgan fingerprint density at radius 1 is 1.15 bits per heavy atom. The Morgan fingerprint density at radius 3 is 2.40 bits per heavy atom. The van der Waals surface area contributed by atoms with Crippen LogP contribution in [0.3, 0.4) is 0 Å². The van der Waals surface area contributed by atoms with E-state index in [1.165, 1.54) is 0 Å². The van der Waals surface area contributed by atoms with E-state index < -0.39 is 44.5 Å². The van der Waals surface area contributed by atoms with E-state index in [0.717, 1.165) is 18.4 Å². The van der Waals surface area contributed by atoms with E-state index in [-0.39, 0.29) is 42.7 Å². The molecule has 1 aliphatic rings. The van der Waals surface area contributed by atoms with Crippen molar-refractivity contribution >= 4 is 39.3 Å². The molecule has 1 saturated heterocycles. The van der Waals surface area contributed by atoms with Gasteiger partial charge in [-0.05, 0) is 49.5 Å². The molecule has 1 fully saturated rings. The van der Waals surface area contributed by atoms with Crippen LogP contribution in [-0.2, 0) is 29.0 Å². The number of alkyl halides is 1. The number of hydrazine groups is 1. The summed E-state index contributed by atoms with van der Waals surface area (Å²) in [7, 11) is -4.06. The maximum absolute atomic E-state index is 14.4. The molecule has 0 saturated carbocycles. The van der Waals surface area contributed by atoms with Gasteiger partial charge in [-0.15, -0.1) is 11.6 Å². The van der Waals surface area contributed by atoms with Crippen LogP contribution in [0, 0.1) is 23.7 Å². The molecule has 0 radical (unpaired) electrons. The standard InChI is InChI=1S/C29H46ClN3O6S/c1-21(2)19-24(27(34)32-31)26(28(35)33-39-25-13-8-9-17-38-25)29(20-22(3)4,40(36,37)18-10-16-30)15-14-23-11-6-5-7-12-23/h5-7,11-12,14-15,21-22,24-26H,8-10,13,16-20,31H2,1-4H3,(H,32,34)(H,33,35)/b15-14+/t24-,25?,26+,29?/m1/s1.